The van der Waals surface area contributed by atoms with E-state index < -0.39 is 21.9 Å². The number of carbonyl (C=O) groups is 2. The molecule has 1 aromatic carbocycles. The van der Waals surface area contributed by atoms with E-state index >= 15 is 0 Å². The fourth-order valence-electron chi connectivity index (χ4n) is 2.85. The lowest BCUT2D eigenvalue weighted by Gasteiger charge is -2.38. The molecule has 2 amide bonds. The molecule has 0 aliphatic carbocycles. The highest BCUT2D eigenvalue weighted by Gasteiger charge is 2.36. The van der Waals surface area contributed by atoms with E-state index in [-0.39, 0.29) is 43.6 Å². The third kappa shape index (κ3) is 4.79. The summed E-state index contributed by atoms with van der Waals surface area (Å²) in [5.74, 6) is -0.951. The minimum absolute atomic E-state index is 0.0856. The zero-order valence-corrected chi connectivity index (χ0v) is 16.0. The largest absolute Gasteiger partial charge is 0.329 e. The van der Waals surface area contributed by atoms with E-state index in [1.54, 1.807) is 19.1 Å². The number of nitrogens with zero attached hydrogens (tertiary/aromatic N) is 3. The van der Waals surface area contributed by atoms with Gasteiger partial charge in [-0.25, -0.2) is 17.1 Å². The first kappa shape index (κ1) is 20.3. The molecule has 0 spiro atoms. The van der Waals surface area contributed by atoms with E-state index in [1.165, 1.54) is 36.0 Å². The second-order valence-corrected chi connectivity index (χ2v) is 8.84. The Morgan fingerprint density at radius 2 is 1.96 bits per heavy atom. The van der Waals surface area contributed by atoms with Gasteiger partial charge in [-0.15, -0.1) is 0 Å². The van der Waals surface area contributed by atoms with Gasteiger partial charge < -0.3 is 9.80 Å². The van der Waals surface area contributed by atoms with Crippen molar-refractivity contribution < 1.29 is 22.4 Å². The minimum atomic E-state index is -3.34. The molecule has 2 rings (SSSR count). The van der Waals surface area contributed by atoms with Crippen LogP contribution in [-0.2, 0) is 26.2 Å². The summed E-state index contributed by atoms with van der Waals surface area (Å²) in [7, 11) is -0.426. The summed E-state index contributed by atoms with van der Waals surface area (Å²) >= 11 is 0. The summed E-state index contributed by atoms with van der Waals surface area (Å²) < 4.78 is 38.0. The van der Waals surface area contributed by atoms with Crippen molar-refractivity contribution in [2.75, 3.05) is 32.9 Å². The standard InChI is InChI=1S/C17H24FN3O4S/c1-13-17(23)20(11-14-6-4-7-15(18)10-14)12-16(22)21(13)8-5-9-26(24,25)19(2)3/h4,6-7,10,13H,5,8-9,11-12H2,1-3H3/t13-/m0/s1. The van der Waals surface area contributed by atoms with Crippen LogP contribution in [0.2, 0.25) is 0 Å². The Kier molecular flexibility index (Phi) is 6.35. The number of piperazine rings is 1. The Labute approximate surface area is 153 Å². The quantitative estimate of drug-likeness (QED) is 0.691. The highest BCUT2D eigenvalue weighted by molar-refractivity contribution is 7.89. The van der Waals surface area contributed by atoms with Gasteiger partial charge in [0.2, 0.25) is 21.8 Å². The second-order valence-electron chi connectivity index (χ2n) is 6.54. The van der Waals surface area contributed by atoms with Gasteiger partial charge in [-0.1, -0.05) is 12.1 Å². The highest BCUT2D eigenvalue weighted by Crippen LogP contribution is 2.17. The molecule has 1 aromatic rings. The van der Waals surface area contributed by atoms with Crippen molar-refractivity contribution >= 4 is 21.8 Å². The number of rotatable bonds is 7. The lowest BCUT2D eigenvalue weighted by atomic mass is 10.1. The van der Waals surface area contributed by atoms with E-state index in [2.05, 4.69) is 0 Å². The molecule has 1 saturated heterocycles. The van der Waals surface area contributed by atoms with Crippen LogP contribution in [0.25, 0.3) is 0 Å². The molecule has 0 unspecified atom stereocenters. The van der Waals surface area contributed by atoms with Gasteiger partial charge in [-0.2, -0.15) is 0 Å². The molecule has 0 aromatic heterocycles. The normalized spacial score (nSPS) is 18.7. The molecule has 7 nitrogen and oxygen atoms in total. The van der Waals surface area contributed by atoms with Gasteiger partial charge in [-0.05, 0) is 31.0 Å². The summed E-state index contributed by atoms with van der Waals surface area (Å²) in [6.45, 7) is 1.89. The van der Waals surface area contributed by atoms with Crippen LogP contribution in [0.5, 0.6) is 0 Å². The molecule has 1 atom stereocenters. The van der Waals surface area contributed by atoms with Crippen molar-refractivity contribution in [1.29, 1.82) is 0 Å². The van der Waals surface area contributed by atoms with Crippen LogP contribution in [0.4, 0.5) is 4.39 Å². The van der Waals surface area contributed by atoms with Crippen LogP contribution < -0.4 is 0 Å². The van der Waals surface area contributed by atoms with Gasteiger partial charge >= 0.3 is 0 Å². The first-order chi connectivity index (χ1) is 12.1. The summed E-state index contributed by atoms with van der Waals surface area (Å²) in [4.78, 5) is 27.8. The summed E-state index contributed by atoms with van der Waals surface area (Å²) in [5, 5.41) is 0. The molecule has 26 heavy (non-hydrogen) atoms. The van der Waals surface area contributed by atoms with Crippen molar-refractivity contribution in [3.05, 3.63) is 35.6 Å². The molecule has 0 bridgehead atoms. The first-order valence-electron chi connectivity index (χ1n) is 8.34. The maximum atomic E-state index is 13.3. The van der Waals surface area contributed by atoms with Crippen LogP contribution in [0.3, 0.4) is 0 Å². The van der Waals surface area contributed by atoms with Crippen molar-refractivity contribution in [3.8, 4) is 0 Å². The number of sulfonamides is 1. The Morgan fingerprint density at radius 1 is 1.27 bits per heavy atom. The SMILES string of the molecule is C[C@H]1C(=O)N(Cc2cccc(F)c2)CC(=O)N1CCCS(=O)(=O)N(C)C. The molecule has 1 fully saturated rings. The van der Waals surface area contributed by atoms with Crippen molar-refractivity contribution in [2.24, 2.45) is 0 Å². The lowest BCUT2D eigenvalue weighted by Crippen LogP contribution is -2.58. The fourth-order valence-corrected chi connectivity index (χ4v) is 3.71. The number of carbonyl (C=O) groups excluding carboxylic acids is 2. The average molecular weight is 385 g/mol. The topological polar surface area (TPSA) is 78.0 Å². The molecule has 1 aliphatic heterocycles. The number of halogens is 1. The molecular weight excluding hydrogens is 361 g/mol. The van der Waals surface area contributed by atoms with E-state index in [0.29, 0.717) is 5.56 Å². The average Bonchev–Trinajstić information content (AvgIpc) is 2.55. The van der Waals surface area contributed by atoms with E-state index in [4.69, 9.17) is 0 Å². The Balaban J connectivity index is 1.98. The van der Waals surface area contributed by atoms with E-state index in [9.17, 15) is 22.4 Å². The molecule has 1 heterocycles. The van der Waals surface area contributed by atoms with E-state index in [0.717, 1.165) is 4.31 Å². The summed E-state index contributed by atoms with van der Waals surface area (Å²) in [6.07, 6.45) is 0.258. The van der Waals surface area contributed by atoms with Crippen LogP contribution in [0.1, 0.15) is 18.9 Å². The van der Waals surface area contributed by atoms with Gasteiger partial charge in [0.25, 0.3) is 0 Å². The Morgan fingerprint density at radius 3 is 2.58 bits per heavy atom. The predicted octanol–water partition coefficient (Wildman–Crippen LogP) is 0.667. The summed E-state index contributed by atoms with van der Waals surface area (Å²) in [6, 6.07) is 5.23. The lowest BCUT2D eigenvalue weighted by molar-refractivity contribution is -0.155. The zero-order chi connectivity index (χ0) is 19.5. The predicted molar refractivity (Wildman–Crippen MR) is 95.1 cm³/mol. The Hall–Kier alpha value is -2.00. The van der Waals surface area contributed by atoms with Gasteiger partial charge in [0.05, 0.1) is 5.75 Å². The highest BCUT2D eigenvalue weighted by atomic mass is 32.2. The van der Waals surface area contributed by atoms with Gasteiger partial charge in [0.15, 0.2) is 0 Å². The second kappa shape index (κ2) is 8.13. The van der Waals surface area contributed by atoms with Crippen LogP contribution in [0, 0.1) is 5.82 Å². The van der Waals surface area contributed by atoms with Crippen molar-refractivity contribution in [2.45, 2.75) is 25.9 Å². The molecule has 1 aliphatic rings. The number of amides is 2. The fraction of sp³-hybridized carbons (Fsp3) is 0.529. The molecule has 0 saturated carbocycles. The smallest absolute Gasteiger partial charge is 0.245 e. The molecule has 9 heteroatoms. The zero-order valence-electron chi connectivity index (χ0n) is 15.2. The van der Waals surface area contributed by atoms with Crippen LogP contribution in [0.15, 0.2) is 24.3 Å². The third-order valence-corrected chi connectivity index (χ3v) is 6.32. The minimum Gasteiger partial charge on any atom is -0.329 e. The van der Waals surface area contributed by atoms with Crippen molar-refractivity contribution in [1.82, 2.24) is 14.1 Å². The number of hydrogen-bond donors (Lipinski definition) is 0. The molecule has 0 radical (unpaired) electrons. The van der Waals surface area contributed by atoms with Crippen LogP contribution >= 0.6 is 0 Å². The summed E-state index contributed by atoms with van der Waals surface area (Å²) in [5.41, 5.74) is 0.615. The third-order valence-electron chi connectivity index (χ3n) is 4.40. The maximum Gasteiger partial charge on any atom is 0.245 e. The van der Waals surface area contributed by atoms with Gasteiger partial charge in [0.1, 0.15) is 18.4 Å². The Bertz CT molecular complexity index is 782. The molecular formula is C17H24FN3O4S. The maximum absolute atomic E-state index is 13.3. The monoisotopic (exact) mass is 385 g/mol. The van der Waals surface area contributed by atoms with Crippen molar-refractivity contribution in [3.63, 3.8) is 0 Å². The number of benzene rings is 1. The van der Waals surface area contributed by atoms with Gasteiger partial charge in [0, 0.05) is 27.2 Å². The number of hydrogen-bond acceptors (Lipinski definition) is 4. The first-order valence-corrected chi connectivity index (χ1v) is 9.95. The molecule has 144 valence electrons. The van der Waals surface area contributed by atoms with E-state index in [1.807, 2.05) is 0 Å². The van der Waals surface area contributed by atoms with Crippen LogP contribution in [-0.4, -0.2) is 73.3 Å². The van der Waals surface area contributed by atoms with Gasteiger partial charge in [-0.3, -0.25) is 9.59 Å². The molecule has 0 N–H and O–H groups in total.